The van der Waals surface area contributed by atoms with E-state index < -0.39 is 0 Å². The minimum atomic E-state index is 0.239. The van der Waals surface area contributed by atoms with Crippen LogP contribution in [0.1, 0.15) is 180 Å². The molecule has 1 fully saturated rings. The predicted octanol–water partition coefficient (Wildman–Crippen LogP) is 15.0. The second kappa shape index (κ2) is 18.3. The summed E-state index contributed by atoms with van der Waals surface area (Å²) in [5.74, 6) is 1.16. The molecule has 2 atom stereocenters. The van der Waals surface area contributed by atoms with Crippen LogP contribution in [0.5, 0.6) is 0 Å². The van der Waals surface area contributed by atoms with Gasteiger partial charge in [0.05, 0.1) is 0 Å². The van der Waals surface area contributed by atoms with Gasteiger partial charge in [0.1, 0.15) is 0 Å². The van der Waals surface area contributed by atoms with E-state index in [1.807, 2.05) is 0 Å². The number of benzene rings is 4. The first kappa shape index (κ1) is 40.8. The molecule has 0 aromatic heterocycles. The van der Waals surface area contributed by atoms with Crippen molar-refractivity contribution in [3.63, 3.8) is 0 Å². The molecule has 4 aromatic rings. The lowest BCUT2D eigenvalue weighted by atomic mass is 9.32. The van der Waals surface area contributed by atoms with Crippen molar-refractivity contribution >= 4 is 46.1 Å². The number of hydrogen-bond donors (Lipinski definition) is 0. The van der Waals surface area contributed by atoms with Crippen LogP contribution >= 0.6 is 0 Å². The van der Waals surface area contributed by atoms with E-state index in [0.717, 1.165) is 0 Å². The van der Waals surface area contributed by atoms with Gasteiger partial charge in [0.15, 0.2) is 0 Å². The minimum absolute atomic E-state index is 0.239. The summed E-state index contributed by atoms with van der Waals surface area (Å²) >= 11 is 0. The Hall–Kier alpha value is -3.98. The standard InChI is InChI=1S/C59H73BN2/c1-42-40-55-57-56(41-42)62(54-35-23-29-44-25-15-7-3-11-19-31-48(44)54)59-50-33-21-13-5-9-17-27-46(50)37-39-52(59)60(57)51-38-36-45-26-16-8-4-12-20-32-49(45)58(51)61(55)53-34-22-28-43-24-14-6-2-10-18-30-47(43)53/h22-23,28-29,34-41,45,49H,2-21,24-27,30-33H2,1H3. The summed E-state index contributed by atoms with van der Waals surface area (Å²) in [5, 5.41) is 0. The quantitative estimate of drug-likeness (QED) is 0.186. The van der Waals surface area contributed by atoms with Gasteiger partial charge < -0.3 is 9.80 Å². The average Bonchev–Trinajstić information content (AvgIpc) is 3.62. The smallest absolute Gasteiger partial charge is 0.251 e. The summed E-state index contributed by atoms with van der Waals surface area (Å²) in [6, 6.07) is 25.5. The monoisotopic (exact) mass is 821 g/mol. The number of hydrogen-bond acceptors (Lipinski definition) is 2. The molecule has 322 valence electrons. The summed E-state index contributed by atoms with van der Waals surface area (Å²) in [6.45, 7) is 2.66. The van der Waals surface area contributed by atoms with Crippen molar-refractivity contribution in [3.05, 3.63) is 123 Å². The number of allylic oxidation sites excluding steroid dienone is 4. The first-order valence-electron chi connectivity index (χ1n) is 26.3. The highest BCUT2D eigenvalue weighted by Crippen LogP contribution is 2.53. The highest BCUT2D eigenvalue weighted by atomic mass is 15.2. The van der Waals surface area contributed by atoms with Gasteiger partial charge in [0.25, 0.3) is 6.71 Å². The topological polar surface area (TPSA) is 6.48 Å². The van der Waals surface area contributed by atoms with Crippen LogP contribution in [0.4, 0.5) is 28.4 Å². The van der Waals surface area contributed by atoms with E-state index in [0.29, 0.717) is 11.8 Å². The molecule has 0 saturated heterocycles. The molecule has 0 N–H and O–H groups in total. The van der Waals surface area contributed by atoms with E-state index in [4.69, 9.17) is 0 Å². The largest absolute Gasteiger partial charge is 0.315 e. The van der Waals surface area contributed by atoms with Crippen molar-refractivity contribution in [2.24, 2.45) is 11.8 Å². The number of aryl methyl sites for hydroxylation is 4. The highest BCUT2D eigenvalue weighted by molar-refractivity contribution is 6.95. The van der Waals surface area contributed by atoms with Gasteiger partial charge in [0, 0.05) is 40.1 Å². The Morgan fingerprint density at radius 3 is 1.60 bits per heavy atom. The molecule has 0 bridgehead atoms. The first-order valence-corrected chi connectivity index (χ1v) is 26.3. The molecule has 3 heteroatoms. The SMILES string of the molecule is Cc1cc2c3c(c1)N(c1cccc4c1CCCCCCC4)c1c(ccc4c1CCCCCCC4)B3C1=C(C3CCCCCCCC3C=C1)N2c1cccc2c1CCCCCCC2. The van der Waals surface area contributed by atoms with E-state index in [2.05, 4.69) is 89.5 Å². The molecular weight excluding hydrogens is 747 g/mol. The molecule has 4 aromatic carbocycles. The van der Waals surface area contributed by atoms with Gasteiger partial charge in [-0.3, -0.25) is 0 Å². The van der Waals surface area contributed by atoms with E-state index >= 15 is 0 Å². The van der Waals surface area contributed by atoms with Crippen molar-refractivity contribution in [3.8, 4) is 0 Å². The lowest BCUT2D eigenvalue weighted by molar-refractivity contribution is 0.384. The maximum absolute atomic E-state index is 2.95. The van der Waals surface area contributed by atoms with Crippen molar-refractivity contribution < 1.29 is 0 Å². The van der Waals surface area contributed by atoms with Crippen LogP contribution in [0.2, 0.25) is 0 Å². The van der Waals surface area contributed by atoms with E-state index in [1.165, 1.54) is 208 Å². The molecule has 2 heterocycles. The number of anilines is 5. The zero-order chi connectivity index (χ0) is 41.4. The van der Waals surface area contributed by atoms with Gasteiger partial charge >= 0.3 is 0 Å². The minimum Gasteiger partial charge on any atom is -0.315 e. The second-order valence-electron chi connectivity index (χ2n) is 20.9. The Kier molecular flexibility index (Phi) is 12.0. The van der Waals surface area contributed by atoms with Gasteiger partial charge in [-0.1, -0.05) is 138 Å². The van der Waals surface area contributed by atoms with Gasteiger partial charge in [-0.15, -0.1) is 0 Å². The van der Waals surface area contributed by atoms with E-state index in [9.17, 15) is 0 Å². The maximum Gasteiger partial charge on any atom is 0.251 e. The Morgan fingerprint density at radius 2 is 0.968 bits per heavy atom. The maximum atomic E-state index is 2.95. The summed E-state index contributed by atoms with van der Waals surface area (Å²) in [4.78, 5) is 5.86. The zero-order valence-corrected chi connectivity index (χ0v) is 38.4. The van der Waals surface area contributed by atoms with Crippen LogP contribution in [0, 0.1) is 18.8 Å². The molecule has 2 unspecified atom stereocenters. The Bertz CT molecular complexity index is 2350. The Morgan fingerprint density at radius 1 is 0.468 bits per heavy atom. The molecule has 0 radical (unpaired) electrons. The molecule has 11 rings (SSSR count). The molecule has 7 aliphatic rings. The average molecular weight is 821 g/mol. The number of rotatable bonds is 2. The fraction of sp³-hybridized carbons (Fsp3) is 0.525. The lowest BCUT2D eigenvalue weighted by Gasteiger charge is -2.50. The third-order valence-electron chi connectivity index (χ3n) is 16.9. The summed E-state index contributed by atoms with van der Waals surface area (Å²) in [6.07, 6.45) is 42.3. The van der Waals surface area contributed by atoms with E-state index in [-0.39, 0.29) is 6.71 Å². The van der Waals surface area contributed by atoms with Gasteiger partial charge in [-0.05, 0) is 182 Å². The lowest BCUT2D eigenvalue weighted by Crippen LogP contribution is -2.57. The molecule has 2 aliphatic heterocycles. The Labute approximate surface area is 375 Å². The van der Waals surface area contributed by atoms with E-state index in [1.54, 1.807) is 61.2 Å². The fourth-order valence-electron chi connectivity index (χ4n) is 13.8. The van der Waals surface area contributed by atoms with Crippen LogP contribution in [0.25, 0.3) is 0 Å². The number of fused-ring (bicyclic) bond motifs is 9. The van der Waals surface area contributed by atoms with Crippen LogP contribution in [-0.4, -0.2) is 6.71 Å². The summed E-state index contributed by atoms with van der Waals surface area (Å²) < 4.78 is 0. The second-order valence-corrected chi connectivity index (χ2v) is 20.9. The molecule has 0 amide bonds. The highest BCUT2D eigenvalue weighted by Gasteiger charge is 2.48. The molecule has 5 aliphatic carbocycles. The van der Waals surface area contributed by atoms with Gasteiger partial charge in [-0.2, -0.15) is 0 Å². The molecule has 0 spiro atoms. The third-order valence-corrected chi connectivity index (χ3v) is 16.9. The third kappa shape index (κ3) is 7.54. The molecule has 1 saturated carbocycles. The summed E-state index contributed by atoms with van der Waals surface area (Å²) in [7, 11) is 0. The fourth-order valence-corrected chi connectivity index (χ4v) is 13.8. The van der Waals surface area contributed by atoms with Crippen molar-refractivity contribution in [1.82, 2.24) is 0 Å². The molecule has 2 nitrogen and oxygen atoms in total. The van der Waals surface area contributed by atoms with Crippen LogP contribution in [-0.2, 0) is 38.5 Å². The predicted molar refractivity (Wildman–Crippen MR) is 266 cm³/mol. The van der Waals surface area contributed by atoms with Crippen LogP contribution < -0.4 is 20.7 Å². The molecule has 62 heavy (non-hydrogen) atoms. The number of nitrogens with zero attached hydrogens (tertiary/aromatic N) is 2. The van der Waals surface area contributed by atoms with Crippen LogP contribution in [0.3, 0.4) is 0 Å². The normalized spacial score (nSPS) is 23.1. The van der Waals surface area contributed by atoms with Crippen molar-refractivity contribution in [1.29, 1.82) is 0 Å². The van der Waals surface area contributed by atoms with Gasteiger partial charge in [-0.25, -0.2) is 0 Å². The van der Waals surface area contributed by atoms with Gasteiger partial charge in [0.2, 0.25) is 0 Å². The first-order chi connectivity index (χ1) is 30.7. The van der Waals surface area contributed by atoms with Crippen molar-refractivity contribution in [2.75, 3.05) is 9.80 Å². The Balaban J connectivity index is 1.21. The van der Waals surface area contributed by atoms with Crippen LogP contribution in [0.15, 0.2) is 84.0 Å². The summed E-state index contributed by atoms with van der Waals surface area (Å²) in [5.41, 5.74) is 25.2. The van der Waals surface area contributed by atoms with Crippen molar-refractivity contribution in [2.45, 2.75) is 187 Å². The molecular formula is C59H73BN2. The zero-order valence-electron chi connectivity index (χ0n) is 38.4.